The predicted octanol–water partition coefficient (Wildman–Crippen LogP) is 3.73. The van der Waals surface area contributed by atoms with E-state index in [9.17, 15) is 4.79 Å². The third kappa shape index (κ3) is 2.97. The largest absolute Gasteiger partial charge is 0.493 e. The first-order valence-electron chi connectivity index (χ1n) is 8.83. The number of nitrogens with zero attached hydrogens (tertiary/aromatic N) is 1. The lowest BCUT2D eigenvalue weighted by molar-refractivity contribution is 0.288. The van der Waals surface area contributed by atoms with E-state index in [1.165, 1.54) is 0 Å². The zero-order valence-corrected chi connectivity index (χ0v) is 15.6. The molecule has 27 heavy (non-hydrogen) atoms. The average molecular weight is 367 g/mol. The topological polar surface area (TPSA) is 61.1 Å². The van der Waals surface area contributed by atoms with Gasteiger partial charge in [0.2, 0.25) is 0 Å². The highest BCUT2D eigenvalue weighted by Crippen LogP contribution is 2.37. The normalized spacial score (nSPS) is 13.2. The van der Waals surface area contributed by atoms with Gasteiger partial charge in [-0.3, -0.25) is 0 Å². The molecule has 0 spiro atoms. The standard InChI is InChI=1S/C21H21NO5/c1-4-13-9-20(23)27-21-15(13)6-8-17-16(21)11-22(12-26-17)14-5-7-18(24-2)19(10-14)25-3/h5-10H,4,11-12H2,1-3H3. The van der Waals surface area contributed by atoms with E-state index in [1.54, 1.807) is 20.3 Å². The molecule has 0 fully saturated rings. The van der Waals surface area contributed by atoms with Crippen molar-refractivity contribution in [2.75, 3.05) is 25.9 Å². The zero-order chi connectivity index (χ0) is 19.0. The molecule has 140 valence electrons. The summed E-state index contributed by atoms with van der Waals surface area (Å²) in [6.45, 7) is 2.99. The highest BCUT2D eigenvalue weighted by molar-refractivity contribution is 5.85. The lowest BCUT2D eigenvalue weighted by Crippen LogP contribution is -2.32. The molecule has 0 saturated heterocycles. The molecular weight excluding hydrogens is 346 g/mol. The summed E-state index contributed by atoms with van der Waals surface area (Å²) in [6.07, 6.45) is 0.765. The molecule has 6 nitrogen and oxygen atoms in total. The zero-order valence-electron chi connectivity index (χ0n) is 15.6. The Bertz CT molecular complexity index is 1060. The summed E-state index contributed by atoms with van der Waals surface area (Å²) < 4.78 is 22.2. The Labute approximate surface area is 156 Å². The Morgan fingerprint density at radius 2 is 1.89 bits per heavy atom. The molecule has 4 rings (SSSR count). The molecule has 0 radical (unpaired) electrons. The Balaban J connectivity index is 1.78. The average Bonchev–Trinajstić information content (AvgIpc) is 2.72. The van der Waals surface area contributed by atoms with Crippen LogP contribution in [0.2, 0.25) is 0 Å². The molecule has 0 bridgehead atoms. The van der Waals surface area contributed by atoms with Crippen molar-refractivity contribution < 1.29 is 18.6 Å². The van der Waals surface area contributed by atoms with Crippen molar-refractivity contribution in [3.8, 4) is 17.2 Å². The summed E-state index contributed by atoms with van der Waals surface area (Å²) in [5.74, 6) is 2.07. The Morgan fingerprint density at radius 1 is 1.07 bits per heavy atom. The molecule has 2 aromatic carbocycles. The molecule has 0 aliphatic carbocycles. The van der Waals surface area contributed by atoms with E-state index in [-0.39, 0.29) is 5.63 Å². The number of ether oxygens (including phenoxy) is 3. The fourth-order valence-electron chi connectivity index (χ4n) is 3.48. The number of hydrogen-bond acceptors (Lipinski definition) is 6. The fourth-order valence-corrected chi connectivity index (χ4v) is 3.48. The highest BCUT2D eigenvalue weighted by Gasteiger charge is 2.23. The molecule has 0 amide bonds. The van der Waals surface area contributed by atoms with Crippen LogP contribution in [0, 0.1) is 0 Å². The first-order chi connectivity index (χ1) is 13.1. The second kappa shape index (κ2) is 6.87. The van der Waals surface area contributed by atoms with Crippen molar-refractivity contribution in [3.63, 3.8) is 0 Å². The number of methoxy groups -OCH3 is 2. The summed E-state index contributed by atoms with van der Waals surface area (Å²) in [6, 6.07) is 11.2. The van der Waals surface area contributed by atoms with Gasteiger partial charge in [-0.15, -0.1) is 0 Å². The van der Waals surface area contributed by atoms with Gasteiger partial charge < -0.3 is 23.5 Å². The molecule has 1 aliphatic rings. The number of hydrogen-bond donors (Lipinski definition) is 0. The van der Waals surface area contributed by atoms with E-state index >= 15 is 0 Å². The molecule has 0 atom stereocenters. The van der Waals surface area contributed by atoms with Crippen LogP contribution >= 0.6 is 0 Å². The van der Waals surface area contributed by atoms with E-state index < -0.39 is 0 Å². The number of anilines is 1. The predicted molar refractivity (Wildman–Crippen MR) is 103 cm³/mol. The van der Waals surface area contributed by atoms with E-state index in [2.05, 4.69) is 4.90 Å². The molecule has 2 heterocycles. The SMILES string of the molecule is CCc1cc(=O)oc2c3c(ccc12)OCN(c1ccc(OC)c(OC)c1)C3. The summed E-state index contributed by atoms with van der Waals surface area (Å²) in [4.78, 5) is 14.1. The number of benzene rings is 2. The van der Waals surface area contributed by atoms with Gasteiger partial charge in [0.25, 0.3) is 0 Å². The molecule has 0 unspecified atom stereocenters. The third-order valence-electron chi connectivity index (χ3n) is 4.90. The quantitative estimate of drug-likeness (QED) is 0.655. The van der Waals surface area contributed by atoms with Gasteiger partial charge in [0.05, 0.1) is 26.3 Å². The lowest BCUT2D eigenvalue weighted by Gasteiger charge is -2.31. The Morgan fingerprint density at radius 3 is 2.63 bits per heavy atom. The van der Waals surface area contributed by atoms with E-state index in [1.807, 2.05) is 37.3 Å². The molecule has 6 heteroatoms. The maximum absolute atomic E-state index is 12.0. The van der Waals surface area contributed by atoms with Gasteiger partial charge >= 0.3 is 5.63 Å². The summed E-state index contributed by atoms with van der Waals surface area (Å²) >= 11 is 0. The van der Waals surface area contributed by atoms with Crippen LogP contribution in [0.25, 0.3) is 11.0 Å². The van der Waals surface area contributed by atoms with Crippen LogP contribution in [0.3, 0.4) is 0 Å². The summed E-state index contributed by atoms with van der Waals surface area (Å²) in [7, 11) is 3.22. The van der Waals surface area contributed by atoms with Crippen molar-refractivity contribution in [2.24, 2.45) is 0 Å². The summed E-state index contributed by atoms with van der Waals surface area (Å²) in [5.41, 5.74) is 3.05. The van der Waals surface area contributed by atoms with Gasteiger partial charge in [-0.1, -0.05) is 6.92 Å². The van der Waals surface area contributed by atoms with Gasteiger partial charge in [0.15, 0.2) is 18.2 Å². The van der Waals surface area contributed by atoms with Crippen LogP contribution in [-0.4, -0.2) is 21.0 Å². The minimum Gasteiger partial charge on any atom is -0.493 e. The van der Waals surface area contributed by atoms with Gasteiger partial charge in [0, 0.05) is 23.2 Å². The Kier molecular flexibility index (Phi) is 4.39. The molecular formula is C21H21NO5. The highest BCUT2D eigenvalue weighted by atomic mass is 16.5. The maximum atomic E-state index is 12.0. The van der Waals surface area contributed by atoms with Crippen LogP contribution in [0.4, 0.5) is 5.69 Å². The number of aryl methyl sites for hydroxylation is 1. The maximum Gasteiger partial charge on any atom is 0.336 e. The summed E-state index contributed by atoms with van der Waals surface area (Å²) in [5, 5.41) is 0.952. The lowest BCUT2D eigenvalue weighted by atomic mass is 10.0. The van der Waals surface area contributed by atoms with Crippen molar-refractivity contribution in [2.45, 2.75) is 19.9 Å². The van der Waals surface area contributed by atoms with Crippen LogP contribution in [-0.2, 0) is 13.0 Å². The molecule has 1 aliphatic heterocycles. The first kappa shape index (κ1) is 17.3. The van der Waals surface area contributed by atoms with Crippen molar-refractivity contribution in [3.05, 3.63) is 57.9 Å². The molecule has 3 aromatic rings. The van der Waals surface area contributed by atoms with Crippen LogP contribution in [0.5, 0.6) is 17.2 Å². The Hall–Kier alpha value is -3.15. The van der Waals surface area contributed by atoms with E-state index in [0.717, 1.165) is 34.4 Å². The minimum absolute atomic E-state index is 0.337. The van der Waals surface area contributed by atoms with Crippen LogP contribution in [0.15, 0.2) is 45.6 Å². The third-order valence-corrected chi connectivity index (χ3v) is 4.90. The minimum atomic E-state index is -0.337. The number of rotatable bonds is 4. The van der Waals surface area contributed by atoms with Crippen molar-refractivity contribution in [1.82, 2.24) is 0 Å². The van der Waals surface area contributed by atoms with Gasteiger partial charge in [-0.2, -0.15) is 0 Å². The van der Waals surface area contributed by atoms with Gasteiger partial charge in [-0.25, -0.2) is 4.79 Å². The van der Waals surface area contributed by atoms with Crippen molar-refractivity contribution >= 4 is 16.7 Å². The second-order valence-corrected chi connectivity index (χ2v) is 6.37. The molecule has 1 aromatic heterocycles. The van der Waals surface area contributed by atoms with Crippen LogP contribution < -0.4 is 24.7 Å². The monoisotopic (exact) mass is 367 g/mol. The van der Waals surface area contributed by atoms with Gasteiger partial charge in [-0.05, 0) is 36.2 Å². The smallest absolute Gasteiger partial charge is 0.336 e. The van der Waals surface area contributed by atoms with E-state index in [0.29, 0.717) is 30.4 Å². The van der Waals surface area contributed by atoms with Gasteiger partial charge in [0.1, 0.15) is 11.3 Å². The van der Waals surface area contributed by atoms with E-state index in [4.69, 9.17) is 18.6 Å². The first-order valence-corrected chi connectivity index (χ1v) is 8.83. The molecule has 0 N–H and O–H groups in total. The van der Waals surface area contributed by atoms with Crippen molar-refractivity contribution in [1.29, 1.82) is 0 Å². The molecule has 0 saturated carbocycles. The fraction of sp³-hybridized carbons (Fsp3) is 0.286. The number of fused-ring (bicyclic) bond motifs is 3. The van der Waals surface area contributed by atoms with Crippen LogP contribution in [0.1, 0.15) is 18.1 Å². The second-order valence-electron chi connectivity index (χ2n) is 6.37.